The van der Waals surface area contributed by atoms with Crippen LogP contribution in [-0.4, -0.2) is 55.3 Å². The number of fused-ring (bicyclic) bond motifs is 6. The Morgan fingerprint density at radius 2 is 2.24 bits per heavy atom. The number of ether oxygens (including phenoxy) is 1. The molecular weight excluding hydrogens is 453 g/mol. The van der Waals surface area contributed by atoms with Gasteiger partial charge in [0.2, 0.25) is 0 Å². The van der Waals surface area contributed by atoms with Gasteiger partial charge < -0.3 is 26.0 Å². The average Bonchev–Trinajstić information content (AvgIpc) is 2.99. The van der Waals surface area contributed by atoms with E-state index in [9.17, 15) is 4.79 Å². The van der Waals surface area contributed by atoms with Crippen molar-refractivity contribution in [1.29, 1.82) is 0 Å². The predicted octanol–water partition coefficient (Wildman–Crippen LogP) is 2.79. The van der Waals surface area contributed by atoms with Crippen LogP contribution < -0.4 is 21.3 Å². The fourth-order valence-corrected chi connectivity index (χ4v) is 6.43. The molecule has 3 atom stereocenters. The number of benzene rings is 1. The first-order valence-electron chi connectivity index (χ1n) is 11.8. The molecule has 2 unspecified atom stereocenters. The first kappa shape index (κ1) is 21.8. The molecule has 1 aliphatic carbocycles. The molecule has 4 aliphatic rings. The lowest BCUT2D eigenvalue weighted by atomic mass is 9.87. The van der Waals surface area contributed by atoms with Gasteiger partial charge in [0.15, 0.2) is 0 Å². The van der Waals surface area contributed by atoms with Crippen LogP contribution in [0.1, 0.15) is 32.9 Å². The molecular formula is C25H28FN5O2S. The van der Waals surface area contributed by atoms with Gasteiger partial charge >= 0.3 is 0 Å². The van der Waals surface area contributed by atoms with Crippen molar-refractivity contribution < 1.29 is 13.9 Å². The Bertz CT molecular complexity index is 1270. The van der Waals surface area contributed by atoms with Crippen molar-refractivity contribution in [2.45, 2.75) is 44.4 Å². The fraction of sp³-hybridized carbons (Fsp3) is 0.440. The summed E-state index contributed by atoms with van der Waals surface area (Å²) in [6.45, 7) is 5.04. The molecule has 4 N–H and O–H groups in total. The third kappa shape index (κ3) is 3.81. The number of rotatable bonds is 3. The average molecular weight is 482 g/mol. The number of aryl methyl sites for hydroxylation is 2. The lowest BCUT2D eigenvalue weighted by molar-refractivity contribution is 0.0391. The summed E-state index contributed by atoms with van der Waals surface area (Å²) in [6, 6.07) is 7.67. The van der Waals surface area contributed by atoms with Gasteiger partial charge in [0.1, 0.15) is 15.5 Å². The maximum atomic E-state index is 15.3. The second-order valence-electron chi connectivity index (χ2n) is 9.55. The van der Waals surface area contributed by atoms with E-state index in [-0.39, 0.29) is 29.9 Å². The number of pyridine rings is 1. The molecule has 9 heteroatoms. The number of nitrogen functional groups attached to an aromatic ring is 1. The van der Waals surface area contributed by atoms with Crippen molar-refractivity contribution >= 4 is 38.8 Å². The number of nitrogens with one attached hydrogen (secondary N) is 2. The Balaban J connectivity index is 1.20. The minimum atomic E-state index is -0.211. The normalized spacial score (nSPS) is 24.2. The van der Waals surface area contributed by atoms with E-state index in [1.54, 1.807) is 6.07 Å². The number of hydrogen-bond donors (Lipinski definition) is 3. The van der Waals surface area contributed by atoms with Crippen molar-refractivity contribution in [1.82, 2.24) is 15.6 Å². The van der Waals surface area contributed by atoms with Gasteiger partial charge in [-0.1, -0.05) is 0 Å². The third-order valence-electron chi connectivity index (χ3n) is 7.21. The van der Waals surface area contributed by atoms with Gasteiger partial charge in [-0.3, -0.25) is 4.79 Å². The Labute approximate surface area is 201 Å². The van der Waals surface area contributed by atoms with Crippen LogP contribution in [0.4, 0.5) is 15.8 Å². The molecule has 2 aromatic heterocycles. The lowest BCUT2D eigenvalue weighted by Gasteiger charge is -2.38. The molecule has 3 aromatic rings. The summed E-state index contributed by atoms with van der Waals surface area (Å²) in [6.07, 6.45) is 2.11. The molecule has 0 radical (unpaired) electrons. The van der Waals surface area contributed by atoms with Gasteiger partial charge in [0.05, 0.1) is 24.4 Å². The lowest BCUT2D eigenvalue weighted by Crippen LogP contribution is -2.49. The third-order valence-corrected chi connectivity index (χ3v) is 8.32. The molecule has 3 fully saturated rings. The number of halogens is 1. The molecule has 1 aromatic carbocycles. The quantitative estimate of drug-likeness (QED) is 0.533. The smallest absolute Gasteiger partial charge is 0.263 e. The largest absolute Gasteiger partial charge is 0.397 e. The minimum Gasteiger partial charge on any atom is -0.397 e. The number of morpholine rings is 1. The molecule has 7 rings (SSSR count). The predicted molar refractivity (Wildman–Crippen MR) is 132 cm³/mol. The Morgan fingerprint density at radius 3 is 3.12 bits per heavy atom. The topological polar surface area (TPSA) is 92.5 Å². The number of thiophene rings is 1. The van der Waals surface area contributed by atoms with Crippen molar-refractivity contribution in [3.63, 3.8) is 0 Å². The molecule has 3 saturated heterocycles. The Hall–Kier alpha value is -2.75. The number of amides is 1. The zero-order chi connectivity index (χ0) is 23.4. The van der Waals surface area contributed by atoms with Gasteiger partial charge in [-0.25, -0.2) is 9.37 Å². The molecule has 5 heterocycles. The Kier molecular flexibility index (Phi) is 5.43. The van der Waals surface area contributed by atoms with E-state index in [1.807, 2.05) is 19.1 Å². The fourth-order valence-electron chi connectivity index (χ4n) is 5.38. The number of anilines is 2. The summed E-state index contributed by atoms with van der Waals surface area (Å²) in [5.74, 6) is -0.404. The van der Waals surface area contributed by atoms with Crippen LogP contribution in [0.25, 0.3) is 10.2 Å². The maximum absolute atomic E-state index is 15.3. The zero-order valence-corrected chi connectivity index (χ0v) is 19.9. The molecule has 3 aliphatic heterocycles. The molecule has 0 spiro atoms. The summed E-state index contributed by atoms with van der Waals surface area (Å²) >= 11 is 1.31. The van der Waals surface area contributed by atoms with Gasteiger partial charge in [-0.15, -0.1) is 11.3 Å². The minimum absolute atomic E-state index is 0.133. The van der Waals surface area contributed by atoms with Gasteiger partial charge in [-0.05, 0) is 61.6 Å². The molecule has 7 nitrogen and oxygen atoms in total. The summed E-state index contributed by atoms with van der Waals surface area (Å²) in [7, 11) is 0. The monoisotopic (exact) mass is 481 g/mol. The van der Waals surface area contributed by atoms with Gasteiger partial charge in [0, 0.05) is 42.4 Å². The van der Waals surface area contributed by atoms with E-state index >= 15 is 4.39 Å². The van der Waals surface area contributed by atoms with E-state index in [1.165, 1.54) is 11.3 Å². The molecule has 2 bridgehead atoms. The van der Waals surface area contributed by atoms with E-state index in [4.69, 9.17) is 10.5 Å². The summed E-state index contributed by atoms with van der Waals surface area (Å²) in [4.78, 5) is 21.0. The van der Waals surface area contributed by atoms with E-state index in [0.29, 0.717) is 29.2 Å². The number of aromatic nitrogens is 1. The highest BCUT2D eigenvalue weighted by Gasteiger charge is 2.33. The van der Waals surface area contributed by atoms with Gasteiger partial charge in [-0.2, -0.15) is 0 Å². The van der Waals surface area contributed by atoms with Crippen LogP contribution in [0.15, 0.2) is 24.3 Å². The number of nitrogens with two attached hydrogens (primary N) is 1. The number of hydrogen-bond acceptors (Lipinski definition) is 7. The second-order valence-corrected chi connectivity index (χ2v) is 10.5. The highest BCUT2D eigenvalue weighted by atomic mass is 32.1. The summed E-state index contributed by atoms with van der Waals surface area (Å²) in [5.41, 5.74) is 10.3. The van der Waals surface area contributed by atoms with Crippen molar-refractivity contribution in [2.75, 3.05) is 36.9 Å². The second kappa shape index (κ2) is 8.48. The molecule has 34 heavy (non-hydrogen) atoms. The molecule has 178 valence electrons. The van der Waals surface area contributed by atoms with E-state index in [0.717, 1.165) is 59.6 Å². The summed E-state index contributed by atoms with van der Waals surface area (Å²) < 4.78 is 21.2. The van der Waals surface area contributed by atoms with Gasteiger partial charge in [0.25, 0.3) is 5.91 Å². The number of carbonyl (C=O) groups excluding carboxylic acids is 1. The summed E-state index contributed by atoms with van der Waals surface area (Å²) in [5, 5.41) is 7.32. The van der Waals surface area contributed by atoms with Crippen molar-refractivity contribution in [3.05, 3.63) is 51.8 Å². The van der Waals surface area contributed by atoms with Crippen LogP contribution in [0, 0.1) is 12.7 Å². The van der Waals surface area contributed by atoms with E-state index < -0.39 is 0 Å². The molecule has 1 amide bonds. The van der Waals surface area contributed by atoms with Crippen LogP contribution in [0.2, 0.25) is 0 Å². The van der Waals surface area contributed by atoms with Crippen LogP contribution in [0.5, 0.6) is 0 Å². The SMILES string of the molecule is Cc1ccc2c(N)c(C(=O)N[C@H]3CCc4cc(N5CC6CNCC5CO6)cc(F)c4C3)sc2n1. The van der Waals surface area contributed by atoms with Crippen LogP contribution in [-0.2, 0) is 17.6 Å². The first-order valence-corrected chi connectivity index (χ1v) is 12.6. The van der Waals surface area contributed by atoms with Crippen molar-refractivity contribution in [2.24, 2.45) is 0 Å². The first-order chi connectivity index (χ1) is 16.5. The standard InChI is InChI=1S/C25H28FN5O2S/c1-13-2-5-19-22(27)23(34-25(19)29-13)24(32)30-15-4-3-14-6-16(8-21(26)20(14)7-15)31-11-18-10-28-9-17(31)12-33-18/h2,5-6,8,15,17-18,28H,3-4,7,9-12,27H2,1H3,(H,30,32)/t15-,17?,18?/m0/s1. The number of nitrogens with zero attached hydrogens (tertiary/aromatic N) is 2. The highest BCUT2D eigenvalue weighted by molar-refractivity contribution is 7.21. The van der Waals surface area contributed by atoms with E-state index in [2.05, 4.69) is 26.6 Å². The Morgan fingerprint density at radius 1 is 1.35 bits per heavy atom. The maximum Gasteiger partial charge on any atom is 0.263 e. The zero-order valence-electron chi connectivity index (χ0n) is 19.1. The highest BCUT2D eigenvalue weighted by Crippen LogP contribution is 2.34. The van der Waals surface area contributed by atoms with Crippen LogP contribution >= 0.6 is 11.3 Å². The van der Waals surface area contributed by atoms with Crippen LogP contribution in [0.3, 0.4) is 0 Å². The number of carbonyl (C=O) groups is 1. The molecule has 0 saturated carbocycles. The van der Waals surface area contributed by atoms with Crippen molar-refractivity contribution in [3.8, 4) is 0 Å².